The minimum atomic E-state index is -0.539. The fourth-order valence-corrected chi connectivity index (χ4v) is 3.65. The van der Waals surface area contributed by atoms with Crippen molar-refractivity contribution >= 4 is 5.78 Å². The van der Waals surface area contributed by atoms with Gasteiger partial charge in [0.1, 0.15) is 40.4 Å². The molecule has 0 spiro atoms. The zero-order valence-corrected chi connectivity index (χ0v) is 15.8. The predicted octanol–water partition coefficient (Wildman–Crippen LogP) is 4.11. The highest BCUT2D eigenvalue weighted by Gasteiger charge is 2.34. The van der Waals surface area contributed by atoms with Crippen molar-refractivity contribution in [3.63, 3.8) is 0 Å². The Labute approximate surface area is 167 Å². The van der Waals surface area contributed by atoms with E-state index in [0.717, 1.165) is 11.6 Å². The smallest absolute Gasteiger partial charge is 0.174 e. The average molecular weight is 392 g/mol. The van der Waals surface area contributed by atoms with Crippen LogP contribution >= 0.6 is 0 Å². The van der Waals surface area contributed by atoms with Crippen molar-refractivity contribution < 1.29 is 29.6 Å². The Bertz CT molecular complexity index is 1070. The lowest BCUT2D eigenvalue weighted by Crippen LogP contribution is -2.21. The Hall–Kier alpha value is -3.67. The van der Waals surface area contributed by atoms with Crippen LogP contribution in [0, 0.1) is 0 Å². The summed E-state index contributed by atoms with van der Waals surface area (Å²) in [4.78, 5) is 12.8. The van der Waals surface area contributed by atoms with Gasteiger partial charge in [-0.15, -0.1) is 0 Å². The van der Waals surface area contributed by atoms with Gasteiger partial charge in [0.2, 0.25) is 0 Å². The Morgan fingerprint density at radius 1 is 0.966 bits per heavy atom. The van der Waals surface area contributed by atoms with Gasteiger partial charge in [-0.05, 0) is 17.7 Å². The summed E-state index contributed by atoms with van der Waals surface area (Å²) in [5.74, 6) is -0.281. The molecule has 0 bridgehead atoms. The molecule has 1 aliphatic rings. The van der Waals surface area contributed by atoms with Crippen LogP contribution in [0.25, 0.3) is 0 Å². The molecule has 1 aliphatic heterocycles. The van der Waals surface area contributed by atoms with Crippen LogP contribution in [-0.2, 0) is 6.42 Å². The Morgan fingerprint density at radius 2 is 1.72 bits per heavy atom. The molecule has 29 heavy (non-hydrogen) atoms. The number of fused-ring (bicyclic) bond motifs is 1. The zero-order valence-electron chi connectivity index (χ0n) is 15.8. The molecule has 0 amide bonds. The Morgan fingerprint density at radius 3 is 2.45 bits per heavy atom. The summed E-state index contributed by atoms with van der Waals surface area (Å²) in [6.07, 6.45) is -0.407. The number of ketones is 1. The number of carbonyl (C=O) groups is 1. The van der Waals surface area contributed by atoms with Gasteiger partial charge < -0.3 is 24.8 Å². The first-order valence-electron chi connectivity index (χ1n) is 9.17. The van der Waals surface area contributed by atoms with Crippen molar-refractivity contribution in [2.24, 2.45) is 0 Å². The number of aromatic hydroxyl groups is 3. The molecule has 6 nitrogen and oxygen atoms in total. The van der Waals surface area contributed by atoms with Crippen molar-refractivity contribution in [2.45, 2.75) is 18.9 Å². The summed E-state index contributed by atoms with van der Waals surface area (Å²) in [5, 5.41) is 31.1. The number of ether oxygens (including phenoxy) is 2. The van der Waals surface area contributed by atoms with Crippen LogP contribution in [0.15, 0.2) is 54.6 Å². The lowest BCUT2D eigenvalue weighted by Gasteiger charge is -2.28. The van der Waals surface area contributed by atoms with E-state index in [1.54, 1.807) is 12.1 Å². The van der Waals surface area contributed by atoms with Gasteiger partial charge >= 0.3 is 0 Å². The van der Waals surface area contributed by atoms with E-state index in [1.165, 1.54) is 13.2 Å². The van der Waals surface area contributed by atoms with Crippen molar-refractivity contribution in [1.29, 1.82) is 0 Å². The van der Waals surface area contributed by atoms with Gasteiger partial charge in [-0.1, -0.05) is 36.4 Å². The van der Waals surface area contributed by atoms with Gasteiger partial charge in [0.25, 0.3) is 0 Å². The number of benzene rings is 3. The third-order valence-corrected chi connectivity index (χ3v) is 5.10. The molecular formula is C23H20O6. The molecular weight excluding hydrogens is 372 g/mol. The summed E-state index contributed by atoms with van der Waals surface area (Å²) in [6, 6.07) is 15.3. The van der Waals surface area contributed by atoms with Crippen molar-refractivity contribution in [3.05, 3.63) is 76.9 Å². The first-order chi connectivity index (χ1) is 14.0. The van der Waals surface area contributed by atoms with Crippen LogP contribution < -0.4 is 9.47 Å². The molecule has 3 aromatic rings. The van der Waals surface area contributed by atoms with E-state index in [4.69, 9.17) is 9.47 Å². The molecule has 3 N–H and O–H groups in total. The standard InChI is InChI=1S/C23H20O6/c1-28-20-9-5-8-16(24)14(20)10-15-17(25)11-18(26)22-19(27)12-21(29-23(15)22)13-6-3-2-4-7-13/h2-9,11,21,24-26H,10,12H2,1H3/t21-/m0/s1. The van der Waals surface area contributed by atoms with E-state index >= 15 is 0 Å². The monoisotopic (exact) mass is 392 g/mol. The maximum absolute atomic E-state index is 12.8. The molecule has 148 valence electrons. The predicted molar refractivity (Wildman–Crippen MR) is 106 cm³/mol. The molecule has 0 saturated heterocycles. The van der Waals surface area contributed by atoms with Crippen LogP contribution in [0.2, 0.25) is 0 Å². The fourth-order valence-electron chi connectivity index (χ4n) is 3.65. The molecule has 0 unspecified atom stereocenters. The topological polar surface area (TPSA) is 96.2 Å². The van der Waals surface area contributed by atoms with E-state index in [0.29, 0.717) is 16.9 Å². The normalized spacial score (nSPS) is 15.5. The van der Waals surface area contributed by atoms with Gasteiger partial charge in [-0.3, -0.25) is 4.79 Å². The van der Waals surface area contributed by atoms with Gasteiger partial charge in [0, 0.05) is 23.6 Å². The summed E-state index contributed by atoms with van der Waals surface area (Å²) in [5.41, 5.74) is 1.60. The molecule has 0 aromatic heterocycles. The van der Waals surface area contributed by atoms with Gasteiger partial charge in [-0.25, -0.2) is 0 Å². The molecule has 4 rings (SSSR count). The van der Waals surface area contributed by atoms with Crippen LogP contribution in [0.4, 0.5) is 0 Å². The van der Waals surface area contributed by atoms with Crippen molar-refractivity contribution in [3.8, 4) is 28.7 Å². The number of rotatable bonds is 4. The largest absolute Gasteiger partial charge is 0.508 e. The van der Waals surface area contributed by atoms with E-state index in [-0.39, 0.29) is 47.2 Å². The molecule has 6 heteroatoms. The summed E-state index contributed by atoms with van der Waals surface area (Å²) in [6.45, 7) is 0. The second kappa shape index (κ2) is 7.39. The molecule has 3 aromatic carbocycles. The number of phenolic OH excluding ortho intramolecular Hbond substituents is 3. The first-order valence-corrected chi connectivity index (χ1v) is 9.17. The summed E-state index contributed by atoms with van der Waals surface area (Å²) < 4.78 is 11.4. The van der Waals surface area contributed by atoms with E-state index in [2.05, 4.69) is 0 Å². The number of methoxy groups -OCH3 is 1. The van der Waals surface area contributed by atoms with Gasteiger partial charge in [0.05, 0.1) is 13.5 Å². The highest BCUT2D eigenvalue weighted by Crippen LogP contribution is 2.47. The molecule has 1 heterocycles. The van der Waals surface area contributed by atoms with Crippen molar-refractivity contribution in [2.75, 3.05) is 7.11 Å². The fraction of sp³-hybridized carbons (Fsp3) is 0.174. The van der Waals surface area contributed by atoms with Crippen molar-refractivity contribution in [1.82, 2.24) is 0 Å². The maximum atomic E-state index is 12.8. The highest BCUT2D eigenvalue weighted by atomic mass is 16.5. The number of Topliss-reactive ketones (excluding diaryl/α,β-unsaturated/α-hetero) is 1. The minimum Gasteiger partial charge on any atom is -0.508 e. The second-order valence-electron chi connectivity index (χ2n) is 6.88. The zero-order chi connectivity index (χ0) is 20.5. The minimum absolute atomic E-state index is 0.00711. The molecule has 0 fully saturated rings. The van der Waals surface area contributed by atoms with Gasteiger partial charge in [-0.2, -0.15) is 0 Å². The lowest BCUT2D eigenvalue weighted by molar-refractivity contribution is 0.0842. The van der Waals surface area contributed by atoms with E-state index in [1.807, 2.05) is 30.3 Å². The molecule has 1 atom stereocenters. The third kappa shape index (κ3) is 3.33. The number of carbonyl (C=O) groups excluding carboxylic acids is 1. The Kier molecular flexibility index (Phi) is 4.76. The molecule has 0 aliphatic carbocycles. The quantitative estimate of drug-likeness (QED) is 0.618. The van der Waals surface area contributed by atoms with Crippen LogP contribution in [-0.4, -0.2) is 28.2 Å². The Balaban J connectivity index is 1.83. The van der Waals surface area contributed by atoms with E-state index in [9.17, 15) is 20.1 Å². The SMILES string of the molecule is COc1cccc(O)c1Cc1c(O)cc(O)c2c1O[C@H](c1ccccc1)CC2=O. The van der Waals surface area contributed by atoms with Crippen LogP contribution in [0.5, 0.6) is 28.7 Å². The number of phenols is 3. The second-order valence-corrected chi connectivity index (χ2v) is 6.88. The third-order valence-electron chi connectivity index (χ3n) is 5.10. The summed E-state index contributed by atoms with van der Waals surface area (Å²) >= 11 is 0. The highest BCUT2D eigenvalue weighted by molar-refractivity contribution is 6.03. The average Bonchev–Trinajstić information content (AvgIpc) is 2.71. The number of hydrogen-bond acceptors (Lipinski definition) is 6. The maximum Gasteiger partial charge on any atom is 0.174 e. The van der Waals surface area contributed by atoms with Crippen LogP contribution in [0.1, 0.15) is 39.6 Å². The van der Waals surface area contributed by atoms with E-state index < -0.39 is 6.10 Å². The number of hydrogen-bond donors (Lipinski definition) is 3. The summed E-state index contributed by atoms with van der Waals surface area (Å²) in [7, 11) is 1.48. The lowest BCUT2D eigenvalue weighted by atomic mass is 9.91. The first kappa shape index (κ1) is 18.7. The molecule has 0 radical (unpaired) electrons. The van der Waals surface area contributed by atoms with Crippen LogP contribution in [0.3, 0.4) is 0 Å². The molecule has 0 saturated carbocycles. The van der Waals surface area contributed by atoms with Gasteiger partial charge in [0.15, 0.2) is 5.78 Å².